The van der Waals surface area contributed by atoms with Crippen molar-refractivity contribution in [3.8, 4) is 5.75 Å². The lowest BCUT2D eigenvalue weighted by Crippen LogP contribution is -1.99. The van der Waals surface area contributed by atoms with Crippen LogP contribution in [0.25, 0.3) is 17.2 Å². The SMILES string of the molecule is O=C(O)/C(=C/c1cc(Cl)ccc1OCc1cccc(Cl)c1)Sc1nc2ccccc2o1. The molecule has 0 aliphatic heterocycles. The number of benzene rings is 3. The molecule has 4 rings (SSSR count). The number of hydrogen-bond donors (Lipinski definition) is 1. The minimum Gasteiger partial charge on any atom is -0.488 e. The van der Waals surface area contributed by atoms with E-state index in [-0.39, 0.29) is 16.7 Å². The summed E-state index contributed by atoms with van der Waals surface area (Å²) in [5.41, 5.74) is 2.65. The summed E-state index contributed by atoms with van der Waals surface area (Å²) in [5, 5.41) is 11.0. The molecular formula is C23H15Cl2NO4S. The summed E-state index contributed by atoms with van der Waals surface area (Å²) in [7, 11) is 0. The van der Waals surface area contributed by atoms with E-state index in [1.807, 2.05) is 24.3 Å². The zero-order valence-electron chi connectivity index (χ0n) is 15.9. The number of thioether (sulfide) groups is 1. The molecule has 4 aromatic rings. The van der Waals surface area contributed by atoms with Gasteiger partial charge in [-0.1, -0.05) is 47.5 Å². The van der Waals surface area contributed by atoms with E-state index >= 15 is 0 Å². The summed E-state index contributed by atoms with van der Waals surface area (Å²) in [6.45, 7) is 0.268. The van der Waals surface area contributed by atoms with E-state index in [1.165, 1.54) is 6.08 Å². The molecule has 0 aliphatic carbocycles. The number of aromatic nitrogens is 1. The number of oxazole rings is 1. The van der Waals surface area contributed by atoms with E-state index in [0.29, 0.717) is 32.5 Å². The number of carboxylic acids is 1. The minimum atomic E-state index is -1.12. The van der Waals surface area contributed by atoms with Crippen LogP contribution in [0.3, 0.4) is 0 Å². The molecule has 0 aliphatic rings. The molecule has 156 valence electrons. The van der Waals surface area contributed by atoms with Crippen LogP contribution < -0.4 is 4.74 Å². The van der Waals surface area contributed by atoms with Gasteiger partial charge in [-0.15, -0.1) is 0 Å². The molecule has 8 heteroatoms. The van der Waals surface area contributed by atoms with Gasteiger partial charge in [0.05, 0.1) is 0 Å². The summed E-state index contributed by atoms with van der Waals surface area (Å²) in [5.74, 6) is -0.630. The van der Waals surface area contributed by atoms with Gasteiger partial charge in [-0.2, -0.15) is 0 Å². The van der Waals surface area contributed by atoms with Crippen molar-refractivity contribution in [2.45, 2.75) is 11.8 Å². The Bertz CT molecular complexity index is 1250. The summed E-state index contributed by atoms with van der Waals surface area (Å²) in [4.78, 5) is 16.2. The third-order valence-corrected chi connectivity index (χ3v) is 5.56. The molecule has 31 heavy (non-hydrogen) atoms. The average molecular weight is 472 g/mol. The van der Waals surface area contributed by atoms with Crippen molar-refractivity contribution in [3.63, 3.8) is 0 Å². The maximum atomic E-state index is 11.9. The van der Waals surface area contributed by atoms with Gasteiger partial charge in [0.1, 0.15) is 22.8 Å². The highest BCUT2D eigenvalue weighted by molar-refractivity contribution is 8.03. The number of aliphatic carboxylic acids is 1. The molecule has 1 aromatic heterocycles. The molecule has 1 heterocycles. The maximum Gasteiger partial charge on any atom is 0.342 e. The summed E-state index contributed by atoms with van der Waals surface area (Å²) >= 11 is 13.1. The van der Waals surface area contributed by atoms with Crippen LogP contribution in [0.2, 0.25) is 10.0 Å². The number of nitrogens with zero attached hydrogens (tertiary/aromatic N) is 1. The topological polar surface area (TPSA) is 72.6 Å². The molecule has 0 radical (unpaired) electrons. The maximum absolute atomic E-state index is 11.9. The monoisotopic (exact) mass is 471 g/mol. The van der Waals surface area contributed by atoms with Crippen molar-refractivity contribution in [3.05, 3.63) is 92.8 Å². The number of fused-ring (bicyclic) bond motifs is 1. The van der Waals surface area contributed by atoms with Gasteiger partial charge in [0.15, 0.2) is 5.58 Å². The number of para-hydroxylation sites is 2. The Morgan fingerprint density at radius 2 is 1.87 bits per heavy atom. The highest BCUT2D eigenvalue weighted by atomic mass is 35.5. The van der Waals surface area contributed by atoms with Crippen LogP contribution in [0.5, 0.6) is 5.75 Å². The highest BCUT2D eigenvalue weighted by Crippen LogP contribution is 2.33. The van der Waals surface area contributed by atoms with E-state index < -0.39 is 5.97 Å². The molecule has 1 N–H and O–H groups in total. The van der Waals surface area contributed by atoms with Crippen LogP contribution in [0, 0.1) is 0 Å². The second-order valence-corrected chi connectivity index (χ2v) is 8.33. The minimum absolute atomic E-state index is 0.0152. The van der Waals surface area contributed by atoms with Crippen LogP contribution in [0.4, 0.5) is 0 Å². The molecule has 3 aromatic carbocycles. The Labute approximate surface area is 192 Å². The van der Waals surface area contributed by atoms with E-state index in [0.717, 1.165) is 17.3 Å². The van der Waals surface area contributed by atoms with Crippen LogP contribution in [0.1, 0.15) is 11.1 Å². The molecule has 0 atom stereocenters. The highest BCUT2D eigenvalue weighted by Gasteiger charge is 2.16. The number of carboxylic acid groups (broad SMARTS) is 1. The Morgan fingerprint density at radius 1 is 1.06 bits per heavy atom. The summed E-state index contributed by atoms with van der Waals surface area (Å²) in [6, 6.07) is 19.6. The van der Waals surface area contributed by atoms with E-state index in [4.69, 9.17) is 32.4 Å². The van der Waals surface area contributed by atoms with Crippen molar-refractivity contribution in [1.29, 1.82) is 0 Å². The fraction of sp³-hybridized carbons (Fsp3) is 0.0435. The van der Waals surface area contributed by atoms with E-state index in [2.05, 4.69) is 4.98 Å². The van der Waals surface area contributed by atoms with Crippen molar-refractivity contribution < 1.29 is 19.1 Å². The first-order valence-electron chi connectivity index (χ1n) is 9.13. The smallest absolute Gasteiger partial charge is 0.342 e. The zero-order valence-corrected chi connectivity index (χ0v) is 18.2. The third kappa shape index (κ3) is 5.41. The van der Waals surface area contributed by atoms with Gasteiger partial charge in [0.25, 0.3) is 5.22 Å². The molecule has 0 fully saturated rings. The van der Waals surface area contributed by atoms with Gasteiger partial charge < -0.3 is 14.3 Å². The largest absolute Gasteiger partial charge is 0.488 e. The number of carbonyl (C=O) groups is 1. The van der Waals surface area contributed by atoms with Gasteiger partial charge >= 0.3 is 5.97 Å². The first kappa shape index (κ1) is 21.3. The standard InChI is InChI=1S/C23H15Cl2NO4S/c24-16-5-3-4-14(10-16)13-29-19-9-8-17(25)11-15(19)12-21(22(27)28)31-23-26-18-6-1-2-7-20(18)30-23/h1-12H,13H2,(H,27,28)/b21-12-. The van der Waals surface area contributed by atoms with Crippen LogP contribution in [-0.2, 0) is 11.4 Å². The normalized spacial score (nSPS) is 11.6. The number of hydrogen-bond acceptors (Lipinski definition) is 5. The molecule has 5 nitrogen and oxygen atoms in total. The number of ether oxygens (including phenoxy) is 1. The predicted molar refractivity (Wildman–Crippen MR) is 123 cm³/mol. The molecule has 0 unspecified atom stereocenters. The molecule has 0 saturated heterocycles. The first-order valence-corrected chi connectivity index (χ1v) is 10.7. The van der Waals surface area contributed by atoms with E-state index in [9.17, 15) is 9.90 Å². The van der Waals surface area contributed by atoms with Crippen molar-refractivity contribution in [1.82, 2.24) is 4.98 Å². The fourth-order valence-corrected chi connectivity index (χ4v) is 3.95. The second kappa shape index (κ2) is 9.47. The molecule has 0 spiro atoms. The lowest BCUT2D eigenvalue weighted by molar-refractivity contribution is -0.131. The lowest BCUT2D eigenvalue weighted by Gasteiger charge is -2.11. The van der Waals surface area contributed by atoms with Gasteiger partial charge in [-0.25, -0.2) is 9.78 Å². The Balaban J connectivity index is 1.62. The fourth-order valence-electron chi connectivity index (χ4n) is 2.82. The number of rotatable bonds is 7. The molecule has 0 bridgehead atoms. The molecule has 0 saturated carbocycles. The van der Waals surface area contributed by atoms with Crippen LogP contribution in [0.15, 0.2) is 81.3 Å². The average Bonchev–Trinajstić information content (AvgIpc) is 3.15. The zero-order chi connectivity index (χ0) is 21.8. The van der Waals surface area contributed by atoms with Crippen molar-refractivity contribution >= 4 is 58.1 Å². The Kier molecular flexibility index (Phi) is 6.51. The quantitative estimate of drug-likeness (QED) is 0.232. The van der Waals surface area contributed by atoms with E-state index in [1.54, 1.807) is 42.5 Å². The first-order chi connectivity index (χ1) is 15.0. The molecular weight excluding hydrogens is 457 g/mol. The van der Waals surface area contributed by atoms with Gasteiger partial charge in [-0.3, -0.25) is 0 Å². The van der Waals surface area contributed by atoms with Crippen molar-refractivity contribution in [2.24, 2.45) is 0 Å². The van der Waals surface area contributed by atoms with Gasteiger partial charge in [0, 0.05) is 15.6 Å². The van der Waals surface area contributed by atoms with Gasteiger partial charge in [0.2, 0.25) is 0 Å². The van der Waals surface area contributed by atoms with Crippen LogP contribution in [-0.4, -0.2) is 16.1 Å². The second-order valence-electron chi connectivity index (χ2n) is 6.46. The summed E-state index contributed by atoms with van der Waals surface area (Å²) in [6.07, 6.45) is 1.49. The van der Waals surface area contributed by atoms with Gasteiger partial charge in [-0.05, 0) is 65.9 Å². The Hall–Kier alpha value is -2.93. The van der Waals surface area contributed by atoms with Crippen LogP contribution >= 0.6 is 35.0 Å². The predicted octanol–water partition coefficient (Wildman–Crippen LogP) is 6.93. The summed E-state index contributed by atoms with van der Waals surface area (Å²) < 4.78 is 11.5. The molecule has 0 amide bonds. The van der Waals surface area contributed by atoms with Crippen molar-refractivity contribution in [2.75, 3.05) is 0 Å². The Morgan fingerprint density at radius 3 is 2.65 bits per heavy atom. The lowest BCUT2D eigenvalue weighted by atomic mass is 10.2. The third-order valence-electron chi connectivity index (χ3n) is 4.22. The number of halogens is 2.